The molecule has 0 saturated carbocycles. The molecule has 0 bridgehead atoms. The number of nitrogens with zero attached hydrogens (tertiary/aromatic N) is 2. The molecule has 1 aromatic heterocycles. The summed E-state index contributed by atoms with van der Waals surface area (Å²) in [4.78, 5) is 0. The minimum absolute atomic E-state index is 0.420. The average molecular weight is 297 g/mol. The highest BCUT2D eigenvalue weighted by Crippen LogP contribution is 2.04. The van der Waals surface area contributed by atoms with Crippen molar-refractivity contribution in [1.82, 2.24) is 15.1 Å². The van der Waals surface area contributed by atoms with Gasteiger partial charge in [0, 0.05) is 32.1 Å². The van der Waals surface area contributed by atoms with Crippen molar-refractivity contribution in [3.8, 4) is 0 Å². The predicted molar refractivity (Wildman–Crippen MR) is 85.3 cm³/mol. The lowest BCUT2D eigenvalue weighted by molar-refractivity contribution is 0.0354. The molecule has 0 amide bonds. The standard InChI is InChI=1S/C16H31N3O2/c1-2-3-4-5-6-7-13-21-15-16(20)14-17-10-12-19-11-8-9-18-19/h8-9,11,16-17,20H,2-7,10,12-15H2,1H3. The van der Waals surface area contributed by atoms with Gasteiger partial charge in [0.05, 0.1) is 19.3 Å². The van der Waals surface area contributed by atoms with Crippen molar-refractivity contribution >= 4 is 0 Å². The summed E-state index contributed by atoms with van der Waals surface area (Å²) in [5.74, 6) is 0. The smallest absolute Gasteiger partial charge is 0.0897 e. The molecule has 0 aliphatic heterocycles. The summed E-state index contributed by atoms with van der Waals surface area (Å²) in [6.07, 6.45) is 10.9. The first-order chi connectivity index (χ1) is 10.3. The van der Waals surface area contributed by atoms with E-state index in [1.54, 1.807) is 6.20 Å². The van der Waals surface area contributed by atoms with Crippen LogP contribution in [0.1, 0.15) is 45.4 Å². The zero-order valence-electron chi connectivity index (χ0n) is 13.3. The molecule has 1 unspecified atom stereocenters. The van der Waals surface area contributed by atoms with E-state index < -0.39 is 6.10 Å². The molecule has 1 rings (SSSR count). The van der Waals surface area contributed by atoms with Gasteiger partial charge < -0.3 is 15.2 Å². The lowest BCUT2D eigenvalue weighted by Gasteiger charge is -2.12. The van der Waals surface area contributed by atoms with Crippen LogP contribution in [0.2, 0.25) is 0 Å². The molecule has 0 saturated heterocycles. The average Bonchev–Trinajstić information content (AvgIpc) is 3.00. The Morgan fingerprint density at radius 1 is 1.24 bits per heavy atom. The molecule has 0 aromatic carbocycles. The number of rotatable bonds is 14. The second kappa shape index (κ2) is 12.8. The van der Waals surface area contributed by atoms with E-state index in [4.69, 9.17) is 4.74 Å². The van der Waals surface area contributed by atoms with Crippen LogP contribution in [0, 0.1) is 0 Å². The third-order valence-electron chi connectivity index (χ3n) is 3.41. The zero-order valence-corrected chi connectivity index (χ0v) is 13.3. The Morgan fingerprint density at radius 2 is 2.05 bits per heavy atom. The second-order valence-corrected chi connectivity index (χ2v) is 5.47. The molecule has 21 heavy (non-hydrogen) atoms. The van der Waals surface area contributed by atoms with Crippen molar-refractivity contribution in [2.45, 2.75) is 58.1 Å². The van der Waals surface area contributed by atoms with Gasteiger partial charge >= 0.3 is 0 Å². The van der Waals surface area contributed by atoms with Gasteiger partial charge in [0.2, 0.25) is 0 Å². The number of aromatic nitrogens is 2. The largest absolute Gasteiger partial charge is 0.389 e. The van der Waals surface area contributed by atoms with Crippen molar-refractivity contribution in [1.29, 1.82) is 0 Å². The highest BCUT2D eigenvalue weighted by molar-refractivity contribution is 4.77. The summed E-state index contributed by atoms with van der Waals surface area (Å²) in [5, 5.41) is 17.1. The normalized spacial score (nSPS) is 12.7. The van der Waals surface area contributed by atoms with E-state index in [9.17, 15) is 5.11 Å². The van der Waals surface area contributed by atoms with Gasteiger partial charge in [0.15, 0.2) is 0 Å². The van der Waals surface area contributed by atoms with Crippen LogP contribution in [0.3, 0.4) is 0 Å². The molecule has 0 radical (unpaired) electrons. The molecule has 5 heteroatoms. The van der Waals surface area contributed by atoms with Gasteiger partial charge in [-0.3, -0.25) is 4.68 Å². The first-order valence-corrected chi connectivity index (χ1v) is 8.27. The molecule has 2 N–H and O–H groups in total. The van der Waals surface area contributed by atoms with Crippen molar-refractivity contribution in [3.63, 3.8) is 0 Å². The van der Waals surface area contributed by atoms with E-state index in [1.807, 2.05) is 16.9 Å². The van der Waals surface area contributed by atoms with Gasteiger partial charge in [-0.2, -0.15) is 5.10 Å². The lowest BCUT2D eigenvalue weighted by atomic mass is 10.1. The molecule has 0 aliphatic rings. The molecule has 0 fully saturated rings. The Hall–Kier alpha value is -0.910. The molecule has 0 aliphatic carbocycles. The number of aliphatic hydroxyl groups excluding tert-OH is 1. The lowest BCUT2D eigenvalue weighted by Crippen LogP contribution is -2.32. The van der Waals surface area contributed by atoms with Crippen LogP contribution in [0.25, 0.3) is 0 Å². The highest BCUT2D eigenvalue weighted by Gasteiger charge is 2.03. The fourth-order valence-corrected chi connectivity index (χ4v) is 2.16. The number of nitrogens with one attached hydrogen (secondary N) is 1. The van der Waals surface area contributed by atoms with Gasteiger partial charge in [0.25, 0.3) is 0 Å². The van der Waals surface area contributed by atoms with Crippen LogP contribution >= 0.6 is 0 Å². The Kier molecular flexibility index (Phi) is 11.1. The van der Waals surface area contributed by atoms with Gasteiger partial charge in [-0.1, -0.05) is 39.0 Å². The topological polar surface area (TPSA) is 59.3 Å². The molecule has 5 nitrogen and oxygen atoms in total. The summed E-state index contributed by atoms with van der Waals surface area (Å²) in [7, 11) is 0. The van der Waals surface area contributed by atoms with E-state index >= 15 is 0 Å². The van der Waals surface area contributed by atoms with Crippen molar-refractivity contribution < 1.29 is 9.84 Å². The Morgan fingerprint density at radius 3 is 2.81 bits per heavy atom. The first kappa shape index (κ1) is 18.1. The minimum atomic E-state index is -0.428. The van der Waals surface area contributed by atoms with Crippen molar-refractivity contribution in [2.75, 3.05) is 26.3 Å². The fourth-order valence-electron chi connectivity index (χ4n) is 2.16. The van der Waals surface area contributed by atoms with Crippen LogP contribution in [0.5, 0.6) is 0 Å². The molecule has 0 spiro atoms. The third kappa shape index (κ3) is 10.5. The SMILES string of the molecule is CCCCCCCCOCC(O)CNCCn1cccn1. The fraction of sp³-hybridized carbons (Fsp3) is 0.812. The van der Waals surface area contributed by atoms with Gasteiger partial charge in [-0.25, -0.2) is 0 Å². The molecule has 1 heterocycles. The number of unbranched alkanes of at least 4 members (excludes halogenated alkanes) is 5. The van der Waals surface area contributed by atoms with E-state index in [1.165, 1.54) is 32.1 Å². The molecular weight excluding hydrogens is 266 g/mol. The number of ether oxygens (including phenoxy) is 1. The quantitative estimate of drug-likeness (QED) is 0.517. The first-order valence-electron chi connectivity index (χ1n) is 8.27. The van der Waals surface area contributed by atoms with Crippen LogP contribution < -0.4 is 5.32 Å². The monoisotopic (exact) mass is 297 g/mol. The summed E-state index contributed by atoms with van der Waals surface area (Å²) < 4.78 is 7.37. The molecule has 1 atom stereocenters. The maximum absolute atomic E-state index is 9.77. The zero-order chi connectivity index (χ0) is 15.2. The molecule has 122 valence electrons. The van der Waals surface area contributed by atoms with Gasteiger partial charge in [-0.15, -0.1) is 0 Å². The van der Waals surface area contributed by atoms with E-state index in [0.717, 1.165) is 26.1 Å². The van der Waals surface area contributed by atoms with Crippen LogP contribution in [-0.4, -0.2) is 47.3 Å². The number of hydrogen-bond acceptors (Lipinski definition) is 4. The summed E-state index contributed by atoms with van der Waals surface area (Å²) in [5.41, 5.74) is 0. The van der Waals surface area contributed by atoms with Gasteiger partial charge in [-0.05, 0) is 12.5 Å². The Bertz CT molecular complexity index is 317. The molecular formula is C16H31N3O2. The predicted octanol–water partition coefficient (Wildman–Crippen LogP) is 2.21. The van der Waals surface area contributed by atoms with Crippen LogP contribution in [-0.2, 0) is 11.3 Å². The summed E-state index contributed by atoms with van der Waals surface area (Å²) in [6.45, 7) is 5.60. The number of hydrogen-bond donors (Lipinski definition) is 2. The Labute approximate surface area is 128 Å². The second-order valence-electron chi connectivity index (χ2n) is 5.47. The van der Waals surface area contributed by atoms with Gasteiger partial charge in [0.1, 0.15) is 0 Å². The summed E-state index contributed by atoms with van der Waals surface area (Å²) >= 11 is 0. The van der Waals surface area contributed by atoms with E-state index in [2.05, 4.69) is 17.3 Å². The van der Waals surface area contributed by atoms with Crippen molar-refractivity contribution in [2.24, 2.45) is 0 Å². The van der Waals surface area contributed by atoms with Crippen molar-refractivity contribution in [3.05, 3.63) is 18.5 Å². The van der Waals surface area contributed by atoms with E-state index in [-0.39, 0.29) is 0 Å². The van der Waals surface area contributed by atoms with Crippen LogP contribution in [0.4, 0.5) is 0 Å². The maximum atomic E-state index is 9.77. The van der Waals surface area contributed by atoms with Crippen LogP contribution in [0.15, 0.2) is 18.5 Å². The highest BCUT2D eigenvalue weighted by atomic mass is 16.5. The maximum Gasteiger partial charge on any atom is 0.0897 e. The summed E-state index contributed by atoms with van der Waals surface area (Å²) in [6, 6.07) is 1.91. The van der Waals surface area contributed by atoms with E-state index in [0.29, 0.717) is 13.2 Å². The minimum Gasteiger partial charge on any atom is -0.389 e. The molecule has 1 aromatic rings. The third-order valence-corrected chi connectivity index (χ3v) is 3.41. The number of aliphatic hydroxyl groups is 1. The Balaban J connectivity index is 1.82.